The first kappa shape index (κ1) is 14.7. The van der Waals surface area contributed by atoms with Gasteiger partial charge in [0.2, 0.25) is 5.91 Å². The van der Waals surface area contributed by atoms with E-state index < -0.39 is 0 Å². The molecule has 18 heavy (non-hydrogen) atoms. The first-order valence-electron chi connectivity index (χ1n) is 6.36. The second kappa shape index (κ2) is 7.84. The molecule has 100 valence electrons. The molecule has 4 heteroatoms. The molecule has 0 aliphatic heterocycles. The maximum atomic E-state index is 12.2. The Kier molecular flexibility index (Phi) is 6.39. The summed E-state index contributed by atoms with van der Waals surface area (Å²) in [6, 6.07) is 9.58. The van der Waals surface area contributed by atoms with Crippen LogP contribution in [-0.2, 0) is 4.79 Å². The van der Waals surface area contributed by atoms with E-state index in [4.69, 9.17) is 5.73 Å². The second-order valence-electron chi connectivity index (χ2n) is 4.56. The number of nitrogens with two attached hydrogens (primary N) is 1. The van der Waals surface area contributed by atoms with Crippen LogP contribution in [0.25, 0.3) is 0 Å². The van der Waals surface area contributed by atoms with Crippen molar-refractivity contribution < 1.29 is 4.79 Å². The van der Waals surface area contributed by atoms with Crippen molar-refractivity contribution in [3.05, 3.63) is 35.9 Å². The number of amides is 1. The summed E-state index contributed by atoms with van der Waals surface area (Å²) in [5.74, 6) is 0.0446. The quantitative estimate of drug-likeness (QED) is 0.713. The number of nitrogens with one attached hydrogen (secondary N) is 1. The van der Waals surface area contributed by atoms with Crippen molar-refractivity contribution >= 4 is 5.91 Å². The Morgan fingerprint density at radius 1 is 1.28 bits per heavy atom. The van der Waals surface area contributed by atoms with Gasteiger partial charge in [0.1, 0.15) is 6.04 Å². The molecule has 0 radical (unpaired) electrons. The van der Waals surface area contributed by atoms with Gasteiger partial charge in [0.25, 0.3) is 0 Å². The average molecular weight is 249 g/mol. The van der Waals surface area contributed by atoms with E-state index in [2.05, 4.69) is 5.32 Å². The van der Waals surface area contributed by atoms with Gasteiger partial charge >= 0.3 is 0 Å². The van der Waals surface area contributed by atoms with Crippen LogP contribution in [0, 0.1) is 0 Å². The SMILES string of the molecule is CN(C)C(C(=O)NCCCCN)c1ccccc1. The summed E-state index contributed by atoms with van der Waals surface area (Å²) in [7, 11) is 3.83. The Morgan fingerprint density at radius 3 is 2.50 bits per heavy atom. The fraction of sp³-hybridized carbons (Fsp3) is 0.500. The molecule has 1 aromatic rings. The molecule has 1 unspecified atom stereocenters. The van der Waals surface area contributed by atoms with Crippen molar-refractivity contribution in [3.63, 3.8) is 0 Å². The number of hydrogen-bond donors (Lipinski definition) is 2. The molecule has 1 rings (SSSR count). The Morgan fingerprint density at radius 2 is 1.94 bits per heavy atom. The minimum atomic E-state index is -0.232. The molecule has 0 heterocycles. The average Bonchev–Trinajstić information content (AvgIpc) is 2.36. The van der Waals surface area contributed by atoms with Crippen LogP contribution in [0.1, 0.15) is 24.4 Å². The smallest absolute Gasteiger partial charge is 0.241 e. The number of carbonyl (C=O) groups is 1. The Labute approximate surface area is 109 Å². The monoisotopic (exact) mass is 249 g/mol. The molecule has 3 N–H and O–H groups in total. The zero-order valence-corrected chi connectivity index (χ0v) is 11.2. The normalized spacial score (nSPS) is 12.4. The van der Waals surface area contributed by atoms with E-state index in [0.717, 1.165) is 18.4 Å². The first-order chi connectivity index (χ1) is 8.66. The number of rotatable bonds is 7. The molecule has 0 spiro atoms. The van der Waals surface area contributed by atoms with Crippen LogP contribution in [0.5, 0.6) is 0 Å². The number of carbonyl (C=O) groups excluding carboxylic acids is 1. The van der Waals surface area contributed by atoms with E-state index in [-0.39, 0.29) is 11.9 Å². The summed E-state index contributed by atoms with van der Waals surface area (Å²) < 4.78 is 0. The summed E-state index contributed by atoms with van der Waals surface area (Å²) >= 11 is 0. The molecule has 4 nitrogen and oxygen atoms in total. The molecular formula is C14H23N3O. The third-order valence-electron chi connectivity index (χ3n) is 2.81. The predicted molar refractivity (Wildman–Crippen MR) is 74.2 cm³/mol. The van der Waals surface area contributed by atoms with Gasteiger partial charge in [-0.2, -0.15) is 0 Å². The first-order valence-corrected chi connectivity index (χ1v) is 6.36. The van der Waals surface area contributed by atoms with Crippen LogP contribution >= 0.6 is 0 Å². The standard InChI is InChI=1S/C14H23N3O/c1-17(2)13(12-8-4-3-5-9-12)14(18)16-11-7-6-10-15/h3-5,8-9,13H,6-7,10-11,15H2,1-2H3,(H,16,18). The van der Waals surface area contributed by atoms with Crippen molar-refractivity contribution in [1.82, 2.24) is 10.2 Å². The third-order valence-corrected chi connectivity index (χ3v) is 2.81. The largest absolute Gasteiger partial charge is 0.354 e. The maximum absolute atomic E-state index is 12.2. The van der Waals surface area contributed by atoms with E-state index in [9.17, 15) is 4.79 Å². The van der Waals surface area contributed by atoms with Crippen LogP contribution in [0.2, 0.25) is 0 Å². The van der Waals surface area contributed by atoms with E-state index in [1.165, 1.54) is 0 Å². The topological polar surface area (TPSA) is 58.4 Å². The van der Waals surface area contributed by atoms with E-state index >= 15 is 0 Å². The van der Waals surface area contributed by atoms with Crippen LogP contribution in [0.15, 0.2) is 30.3 Å². The van der Waals surface area contributed by atoms with Crippen LogP contribution in [0.3, 0.4) is 0 Å². The molecule has 1 aromatic carbocycles. The molecule has 0 saturated carbocycles. The summed E-state index contributed by atoms with van der Waals surface area (Å²) in [5.41, 5.74) is 6.44. The number of nitrogens with zero attached hydrogens (tertiary/aromatic N) is 1. The maximum Gasteiger partial charge on any atom is 0.241 e. The van der Waals surface area contributed by atoms with E-state index in [0.29, 0.717) is 13.1 Å². The Hall–Kier alpha value is -1.39. The highest BCUT2D eigenvalue weighted by atomic mass is 16.2. The Bertz CT molecular complexity index is 351. The molecule has 1 amide bonds. The molecule has 0 fully saturated rings. The lowest BCUT2D eigenvalue weighted by molar-refractivity contribution is -0.125. The van der Waals surface area contributed by atoms with Crippen molar-refractivity contribution in [2.24, 2.45) is 5.73 Å². The van der Waals surface area contributed by atoms with Crippen LogP contribution in [-0.4, -0.2) is 38.0 Å². The van der Waals surface area contributed by atoms with Gasteiger partial charge in [0.05, 0.1) is 0 Å². The van der Waals surface area contributed by atoms with Gasteiger partial charge < -0.3 is 11.1 Å². The van der Waals surface area contributed by atoms with Gasteiger partial charge in [-0.25, -0.2) is 0 Å². The van der Waals surface area contributed by atoms with Gasteiger partial charge in [-0.05, 0) is 39.0 Å². The highest BCUT2D eigenvalue weighted by Gasteiger charge is 2.21. The molecule has 1 atom stereocenters. The summed E-state index contributed by atoms with van der Waals surface area (Å²) in [5, 5.41) is 2.96. The number of benzene rings is 1. The van der Waals surface area contributed by atoms with Gasteiger partial charge in [0, 0.05) is 6.54 Å². The molecule has 0 aliphatic carbocycles. The lowest BCUT2D eigenvalue weighted by Crippen LogP contribution is -2.37. The highest BCUT2D eigenvalue weighted by Crippen LogP contribution is 2.17. The number of unbranched alkanes of at least 4 members (excludes halogenated alkanes) is 1. The van der Waals surface area contributed by atoms with Gasteiger partial charge in [-0.1, -0.05) is 30.3 Å². The van der Waals surface area contributed by atoms with Crippen molar-refractivity contribution in [2.75, 3.05) is 27.2 Å². The number of likely N-dealkylation sites (N-methyl/N-ethyl adjacent to an activating group) is 1. The lowest BCUT2D eigenvalue weighted by Gasteiger charge is -2.23. The van der Waals surface area contributed by atoms with Gasteiger partial charge in [-0.3, -0.25) is 9.69 Å². The molecule has 0 saturated heterocycles. The minimum Gasteiger partial charge on any atom is -0.354 e. The lowest BCUT2D eigenvalue weighted by atomic mass is 10.1. The summed E-state index contributed by atoms with van der Waals surface area (Å²) in [4.78, 5) is 14.1. The fourth-order valence-electron chi connectivity index (χ4n) is 1.90. The summed E-state index contributed by atoms with van der Waals surface area (Å²) in [6.07, 6.45) is 1.87. The van der Waals surface area contributed by atoms with Crippen molar-refractivity contribution in [3.8, 4) is 0 Å². The fourth-order valence-corrected chi connectivity index (χ4v) is 1.90. The van der Waals surface area contributed by atoms with Gasteiger partial charge in [0.15, 0.2) is 0 Å². The molecule has 0 bridgehead atoms. The minimum absolute atomic E-state index is 0.0446. The van der Waals surface area contributed by atoms with Crippen molar-refractivity contribution in [1.29, 1.82) is 0 Å². The Balaban J connectivity index is 2.60. The number of hydrogen-bond acceptors (Lipinski definition) is 3. The third kappa shape index (κ3) is 4.47. The van der Waals surface area contributed by atoms with Crippen LogP contribution < -0.4 is 11.1 Å². The summed E-state index contributed by atoms with van der Waals surface area (Å²) in [6.45, 7) is 1.36. The second-order valence-corrected chi connectivity index (χ2v) is 4.56. The van der Waals surface area contributed by atoms with E-state index in [1.54, 1.807) is 0 Å². The molecular weight excluding hydrogens is 226 g/mol. The zero-order valence-electron chi connectivity index (χ0n) is 11.2. The predicted octanol–water partition coefficient (Wildman–Crippen LogP) is 1.14. The van der Waals surface area contributed by atoms with Crippen LogP contribution in [0.4, 0.5) is 0 Å². The zero-order chi connectivity index (χ0) is 13.4. The van der Waals surface area contributed by atoms with Gasteiger partial charge in [-0.15, -0.1) is 0 Å². The van der Waals surface area contributed by atoms with E-state index in [1.807, 2.05) is 49.3 Å². The van der Waals surface area contributed by atoms with Crippen molar-refractivity contribution in [2.45, 2.75) is 18.9 Å². The molecule has 0 aromatic heterocycles. The molecule has 0 aliphatic rings. The highest BCUT2D eigenvalue weighted by molar-refractivity contribution is 5.83.